The van der Waals surface area contributed by atoms with Gasteiger partial charge in [0.15, 0.2) is 0 Å². The van der Waals surface area contributed by atoms with Gasteiger partial charge in [-0.3, -0.25) is 14.3 Å². The van der Waals surface area contributed by atoms with E-state index < -0.39 is 11.4 Å². The molecule has 0 spiro atoms. The van der Waals surface area contributed by atoms with E-state index in [9.17, 15) is 9.59 Å². The number of rotatable bonds is 5. The number of carbonyl (C=O) groups excluding carboxylic acids is 1. The van der Waals surface area contributed by atoms with Crippen molar-refractivity contribution in [1.82, 2.24) is 15.1 Å². The third-order valence-electron chi connectivity index (χ3n) is 3.63. The molecule has 0 aromatic carbocycles. The Balaban J connectivity index is 1.87. The number of aromatic nitrogens is 2. The summed E-state index contributed by atoms with van der Waals surface area (Å²) in [5.74, 6) is -1.11. The second kappa shape index (κ2) is 5.26. The van der Waals surface area contributed by atoms with Gasteiger partial charge in [0.05, 0.1) is 11.1 Å². The van der Waals surface area contributed by atoms with E-state index >= 15 is 0 Å². The van der Waals surface area contributed by atoms with Crippen LogP contribution in [0.1, 0.15) is 25.0 Å². The van der Waals surface area contributed by atoms with Crippen LogP contribution in [0.3, 0.4) is 0 Å². The summed E-state index contributed by atoms with van der Waals surface area (Å²) in [4.78, 5) is 22.8. The molecule has 6 nitrogen and oxygen atoms in total. The summed E-state index contributed by atoms with van der Waals surface area (Å²) in [6.45, 7) is 0.191. The van der Waals surface area contributed by atoms with Crippen molar-refractivity contribution in [1.29, 1.82) is 0 Å². The SMILES string of the molecule is Cn1nccc1/C=C/C(=O)NCC1(C(=O)O)CCC1. The van der Waals surface area contributed by atoms with Crippen molar-refractivity contribution in [2.24, 2.45) is 12.5 Å². The number of nitrogens with one attached hydrogen (secondary N) is 1. The molecule has 0 aliphatic heterocycles. The molecule has 0 atom stereocenters. The highest BCUT2D eigenvalue weighted by molar-refractivity contribution is 5.92. The first-order valence-corrected chi connectivity index (χ1v) is 6.21. The van der Waals surface area contributed by atoms with E-state index in [4.69, 9.17) is 5.11 Å². The molecule has 1 saturated carbocycles. The standard InChI is InChI=1S/C13H17N3O3/c1-16-10(5-8-15-16)3-4-11(17)14-9-13(12(18)19)6-2-7-13/h3-5,8H,2,6-7,9H2,1H3,(H,14,17)(H,18,19)/b4-3+. The minimum Gasteiger partial charge on any atom is -0.481 e. The number of amides is 1. The predicted octanol–water partition coefficient (Wildman–Crippen LogP) is 0.804. The maximum absolute atomic E-state index is 11.6. The average Bonchev–Trinajstić information content (AvgIpc) is 2.70. The zero-order valence-electron chi connectivity index (χ0n) is 10.8. The van der Waals surface area contributed by atoms with Gasteiger partial charge in [-0.1, -0.05) is 6.42 Å². The molecule has 2 N–H and O–H groups in total. The number of carbonyl (C=O) groups is 2. The van der Waals surface area contributed by atoms with Crippen molar-refractivity contribution < 1.29 is 14.7 Å². The Kier molecular flexibility index (Phi) is 3.69. The van der Waals surface area contributed by atoms with E-state index in [1.54, 1.807) is 30.1 Å². The predicted molar refractivity (Wildman–Crippen MR) is 69.2 cm³/mol. The quantitative estimate of drug-likeness (QED) is 0.770. The van der Waals surface area contributed by atoms with Crippen LogP contribution in [-0.4, -0.2) is 33.3 Å². The van der Waals surface area contributed by atoms with Gasteiger partial charge in [0.1, 0.15) is 0 Å². The van der Waals surface area contributed by atoms with Crippen molar-refractivity contribution >= 4 is 18.0 Å². The zero-order valence-corrected chi connectivity index (χ0v) is 10.8. The average molecular weight is 263 g/mol. The van der Waals surface area contributed by atoms with Gasteiger partial charge in [-0.25, -0.2) is 0 Å². The Morgan fingerprint density at radius 2 is 2.32 bits per heavy atom. The van der Waals surface area contributed by atoms with Gasteiger partial charge in [0.25, 0.3) is 0 Å². The van der Waals surface area contributed by atoms with Crippen LogP contribution in [-0.2, 0) is 16.6 Å². The van der Waals surface area contributed by atoms with Gasteiger partial charge < -0.3 is 10.4 Å². The molecule has 1 aromatic rings. The van der Waals surface area contributed by atoms with Crippen LogP contribution in [0.25, 0.3) is 6.08 Å². The maximum Gasteiger partial charge on any atom is 0.311 e. The molecule has 1 amide bonds. The van der Waals surface area contributed by atoms with Crippen molar-refractivity contribution in [3.05, 3.63) is 24.0 Å². The molecule has 1 aliphatic carbocycles. The van der Waals surface area contributed by atoms with Gasteiger partial charge in [0.2, 0.25) is 5.91 Å². The Labute approximate surface area is 111 Å². The minimum atomic E-state index is -0.824. The maximum atomic E-state index is 11.6. The van der Waals surface area contributed by atoms with E-state index in [0.717, 1.165) is 12.1 Å². The molecule has 2 rings (SSSR count). The smallest absolute Gasteiger partial charge is 0.311 e. The van der Waals surface area contributed by atoms with Crippen molar-refractivity contribution in [2.45, 2.75) is 19.3 Å². The number of aliphatic carboxylic acids is 1. The third-order valence-corrected chi connectivity index (χ3v) is 3.63. The molecule has 1 aromatic heterocycles. The van der Waals surface area contributed by atoms with Crippen molar-refractivity contribution in [2.75, 3.05) is 6.54 Å². The van der Waals surface area contributed by atoms with Crippen LogP contribution in [0.15, 0.2) is 18.3 Å². The van der Waals surface area contributed by atoms with Gasteiger partial charge in [0, 0.05) is 25.9 Å². The number of hydrogen-bond acceptors (Lipinski definition) is 3. The van der Waals surface area contributed by atoms with Crippen LogP contribution in [0.4, 0.5) is 0 Å². The largest absolute Gasteiger partial charge is 0.481 e. The molecule has 1 aliphatic rings. The molecule has 0 saturated heterocycles. The lowest BCUT2D eigenvalue weighted by molar-refractivity contribution is -0.154. The number of carboxylic acid groups (broad SMARTS) is 1. The highest BCUT2D eigenvalue weighted by Crippen LogP contribution is 2.40. The Bertz CT molecular complexity index is 515. The third kappa shape index (κ3) is 2.83. The second-order valence-electron chi connectivity index (χ2n) is 4.87. The van der Waals surface area contributed by atoms with E-state index in [1.807, 2.05) is 0 Å². The number of aryl methyl sites for hydroxylation is 1. The molecule has 0 unspecified atom stereocenters. The molecule has 6 heteroatoms. The van der Waals surface area contributed by atoms with Gasteiger partial charge in [-0.15, -0.1) is 0 Å². The molecular formula is C13H17N3O3. The fourth-order valence-electron chi connectivity index (χ4n) is 2.09. The molecule has 0 radical (unpaired) electrons. The van der Waals surface area contributed by atoms with Gasteiger partial charge >= 0.3 is 5.97 Å². The molecular weight excluding hydrogens is 246 g/mol. The molecule has 1 heterocycles. The lowest BCUT2D eigenvalue weighted by Gasteiger charge is -2.37. The van der Waals surface area contributed by atoms with Gasteiger partial charge in [-0.2, -0.15) is 5.10 Å². The summed E-state index contributed by atoms with van der Waals surface area (Å²) >= 11 is 0. The first-order chi connectivity index (χ1) is 9.03. The Hall–Kier alpha value is -2.11. The fraction of sp³-hybridized carbons (Fsp3) is 0.462. The Morgan fingerprint density at radius 3 is 2.79 bits per heavy atom. The Morgan fingerprint density at radius 1 is 1.58 bits per heavy atom. The van der Waals surface area contributed by atoms with Gasteiger partial charge in [-0.05, 0) is 25.0 Å². The monoisotopic (exact) mass is 263 g/mol. The van der Waals surface area contributed by atoms with Crippen LogP contribution < -0.4 is 5.32 Å². The van der Waals surface area contributed by atoms with Crippen LogP contribution in [0.2, 0.25) is 0 Å². The summed E-state index contributed by atoms with van der Waals surface area (Å²) in [6.07, 6.45) is 6.86. The van der Waals surface area contributed by atoms with Crippen LogP contribution >= 0.6 is 0 Å². The highest BCUT2D eigenvalue weighted by atomic mass is 16.4. The summed E-state index contributed by atoms with van der Waals surface area (Å²) in [5.41, 5.74) is 0.0579. The van der Waals surface area contributed by atoms with Crippen LogP contribution in [0, 0.1) is 5.41 Å². The van der Waals surface area contributed by atoms with Crippen molar-refractivity contribution in [3.8, 4) is 0 Å². The number of hydrogen-bond donors (Lipinski definition) is 2. The molecule has 1 fully saturated rings. The normalized spacial score (nSPS) is 17.1. The second-order valence-corrected chi connectivity index (χ2v) is 4.87. The minimum absolute atomic E-state index is 0.191. The van der Waals surface area contributed by atoms with E-state index in [0.29, 0.717) is 12.8 Å². The molecule has 102 valence electrons. The van der Waals surface area contributed by atoms with E-state index in [1.165, 1.54) is 6.08 Å². The fourth-order valence-corrected chi connectivity index (χ4v) is 2.09. The number of carboxylic acids is 1. The first-order valence-electron chi connectivity index (χ1n) is 6.21. The lowest BCUT2D eigenvalue weighted by atomic mass is 9.69. The lowest BCUT2D eigenvalue weighted by Crippen LogP contribution is -2.47. The van der Waals surface area contributed by atoms with Crippen molar-refractivity contribution in [3.63, 3.8) is 0 Å². The van der Waals surface area contributed by atoms with E-state index in [-0.39, 0.29) is 12.5 Å². The highest BCUT2D eigenvalue weighted by Gasteiger charge is 2.44. The van der Waals surface area contributed by atoms with Crippen LogP contribution in [0.5, 0.6) is 0 Å². The first kappa shape index (κ1) is 13.3. The molecule has 0 bridgehead atoms. The summed E-state index contributed by atoms with van der Waals surface area (Å²) < 4.78 is 1.65. The van der Waals surface area contributed by atoms with E-state index in [2.05, 4.69) is 10.4 Å². The summed E-state index contributed by atoms with van der Waals surface area (Å²) in [7, 11) is 1.78. The zero-order chi connectivity index (χ0) is 13.9. The summed E-state index contributed by atoms with van der Waals surface area (Å²) in [6, 6.07) is 1.79. The summed E-state index contributed by atoms with van der Waals surface area (Å²) in [5, 5.41) is 15.8. The number of nitrogens with zero attached hydrogens (tertiary/aromatic N) is 2. The topological polar surface area (TPSA) is 84.2 Å². The molecule has 19 heavy (non-hydrogen) atoms.